The Hall–Kier alpha value is -2.12. The monoisotopic (exact) mass is 240 g/mol. The quantitative estimate of drug-likeness (QED) is 0.890. The van der Waals surface area contributed by atoms with Gasteiger partial charge in [0, 0.05) is 31.2 Å². The van der Waals surface area contributed by atoms with Crippen molar-refractivity contribution in [2.24, 2.45) is 0 Å². The summed E-state index contributed by atoms with van der Waals surface area (Å²) in [6, 6.07) is 8.26. The lowest BCUT2D eigenvalue weighted by atomic mass is 10.2. The van der Waals surface area contributed by atoms with Crippen LogP contribution in [0.4, 0.5) is 0 Å². The van der Waals surface area contributed by atoms with E-state index in [1.54, 1.807) is 6.20 Å². The number of hydrogen-bond acceptors (Lipinski definition) is 3. The van der Waals surface area contributed by atoms with Gasteiger partial charge in [0.15, 0.2) is 0 Å². The molecule has 1 unspecified atom stereocenters. The van der Waals surface area contributed by atoms with Gasteiger partial charge in [-0.15, -0.1) is 0 Å². The predicted molar refractivity (Wildman–Crippen MR) is 70.0 cm³/mol. The highest BCUT2D eigenvalue weighted by molar-refractivity contribution is 5.26. The average molecular weight is 240 g/mol. The molecule has 2 heterocycles. The Balaban J connectivity index is 2.14. The predicted octanol–water partition coefficient (Wildman–Crippen LogP) is 2.08. The van der Waals surface area contributed by atoms with Gasteiger partial charge in [-0.3, -0.25) is 0 Å². The highest BCUT2D eigenvalue weighted by Crippen LogP contribution is 2.13. The van der Waals surface area contributed by atoms with Gasteiger partial charge >= 0.3 is 0 Å². The van der Waals surface area contributed by atoms with Gasteiger partial charge in [-0.05, 0) is 43.3 Å². The molecule has 2 aromatic heterocycles. The first-order valence-electron chi connectivity index (χ1n) is 5.91. The summed E-state index contributed by atoms with van der Waals surface area (Å²) in [5.41, 5.74) is 2.80. The number of nitrogens with one attached hydrogen (secondary N) is 1. The summed E-state index contributed by atoms with van der Waals surface area (Å²) in [6.45, 7) is 2.88. The molecule has 0 aliphatic rings. The molecule has 0 amide bonds. The number of nitrogens with zero attached hydrogens (tertiary/aromatic N) is 3. The maximum absolute atomic E-state index is 8.81. The van der Waals surface area contributed by atoms with Crippen LogP contribution in [0.15, 0.2) is 36.8 Å². The van der Waals surface area contributed by atoms with Crippen molar-refractivity contribution < 1.29 is 0 Å². The fourth-order valence-electron chi connectivity index (χ4n) is 1.83. The minimum absolute atomic E-state index is 0.346. The molecule has 2 aromatic rings. The first kappa shape index (κ1) is 12.3. The summed E-state index contributed by atoms with van der Waals surface area (Å²) in [5, 5.41) is 12.0. The van der Waals surface area contributed by atoms with Gasteiger partial charge in [0.05, 0.1) is 0 Å². The highest BCUT2D eigenvalue weighted by Gasteiger charge is 2.04. The van der Waals surface area contributed by atoms with Crippen LogP contribution in [-0.4, -0.2) is 16.6 Å². The van der Waals surface area contributed by atoms with Crippen LogP contribution in [0.5, 0.6) is 0 Å². The molecule has 0 aromatic carbocycles. The summed E-state index contributed by atoms with van der Waals surface area (Å²) in [4.78, 5) is 3.97. The van der Waals surface area contributed by atoms with Crippen LogP contribution in [-0.2, 0) is 6.54 Å². The number of hydrogen-bond donors (Lipinski definition) is 1. The lowest BCUT2D eigenvalue weighted by Gasteiger charge is -2.07. The van der Waals surface area contributed by atoms with Gasteiger partial charge in [-0.1, -0.05) is 0 Å². The first-order chi connectivity index (χ1) is 8.72. The van der Waals surface area contributed by atoms with E-state index in [9.17, 15) is 0 Å². The molecule has 0 radical (unpaired) electrons. The Labute approximate surface area is 107 Å². The molecule has 0 aliphatic heterocycles. The zero-order valence-electron chi connectivity index (χ0n) is 10.6. The normalized spacial score (nSPS) is 12.1. The molecule has 0 saturated carbocycles. The van der Waals surface area contributed by atoms with Gasteiger partial charge in [0.25, 0.3) is 0 Å². The molecule has 0 saturated heterocycles. The van der Waals surface area contributed by atoms with E-state index in [0.29, 0.717) is 11.7 Å². The molecule has 0 spiro atoms. The third kappa shape index (κ3) is 2.76. The molecule has 4 nitrogen and oxygen atoms in total. The molecule has 0 fully saturated rings. The smallest absolute Gasteiger partial charge is 0.140 e. The summed E-state index contributed by atoms with van der Waals surface area (Å²) in [5.74, 6) is 0. The fourth-order valence-corrected chi connectivity index (χ4v) is 1.83. The van der Waals surface area contributed by atoms with Gasteiger partial charge in [0.1, 0.15) is 11.8 Å². The molecular formula is C14H16N4. The molecule has 2 rings (SSSR count). The minimum Gasteiger partial charge on any atom is -0.350 e. The van der Waals surface area contributed by atoms with Crippen molar-refractivity contribution in [3.05, 3.63) is 53.6 Å². The van der Waals surface area contributed by atoms with Crippen molar-refractivity contribution in [1.29, 1.82) is 5.26 Å². The van der Waals surface area contributed by atoms with E-state index in [2.05, 4.69) is 46.3 Å². The van der Waals surface area contributed by atoms with Crippen LogP contribution in [0.1, 0.15) is 29.8 Å². The van der Waals surface area contributed by atoms with E-state index in [4.69, 9.17) is 5.26 Å². The molecule has 92 valence electrons. The average Bonchev–Trinajstić information content (AvgIpc) is 2.86. The third-order valence-corrected chi connectivity index (χ3v) is 3.01. The van der Waals surface area contributed by atoms with Gasteiger partial charge < -0.3 is 9.88 Å². The van der Waals surface area contributed by atoms with Crippen molar-refractivity contribution in [1.82, 2.24) is 14.9 Å². The molecular weight excluding hydrogens is 224 g/mol. The second-order valence-electron chi connectivity index (χ2n) is 4.29. The molecule has 0 aliphatic carbocycles. The van der Waals surface area contributed by atoms with Crippen LogP contribution in [0.2, 0.25) is 0 Å². The maximum atomic E-state index is 8.81. The van der Waals surface area contributed by atoms with E-state index >= 15 is 0 Å². The Morgan fingerprint density at radius 3 is 3.06 bits per heavy atom. The summed E-state index contributed by atoms with van der Waals surface area (Å²) in [7, 11) is 1.95. The number of pyridine rings is 1. The van der Waals surface area contributed by atoms with Crippen molar-refractivity contribution >= 4 is 0 Å². The highest BCUT2D eigenvalue weighted by atomic mass is 14.9. The van der Waals surface area contributed by atoms with Crippen molar-refractivity contribution in [3.63, 3.8) is 0 Å². The number of aromatic nitrogens is 2. The van der Waals surface area contributed by atoms with Crippen LogP contribution in [0.25, 0.3) is 0 Å². The largest absolute Gasteiger partial charge is 0.350 e. The zero-order valence-corrected chi connectivity index (χ0v) is 10.6. The third-order valence-electron chi connectivity index (χ3n) is 3.01. The number of rotatable bonds is 4. The maximum Gasteiger partial charge on any atom is 0.140 e. The van der Waals surface area contributed by atoms with E-state index < -0.39 is 0 Å². The first-order valence-corrected chi connectivity index (χ1v) is 5.91. The number of nitriles is 1. The second kappa shape index (κ2) is 5.48. The lowest BCUT2D eigenvalue weighted by Crippen LogP contribution is -2.11. The SMILES string of the molecule is CNC(C)c1ccn(Cc2ccnc(C#N)c2)c1. The van der Waals surface area contributed by atoms with Crippen molar-refractivity contribution in [3.8, 4) is 6.07 Å². The van der Waals surface area contributed by atoms with Gasteiger partial charge in [-0.25, -0.2) is 4.98 Å². The molecule has 0 bridgehead atoms. The summed E-state index contributed by atoms with van der Waals surface area (Å²) in [6.07, 6.45) is 5.85. The van der Waals surface area contributed by atoms with Gasteiger partial charge in [-0.2, -0.15) is 5.26 Å². The van der Waals surface area contributed by atoms with Crippen molar-refractivity contribution in [2.75, 3.05) is 7.05 Å². The van der Waals surface area contributed by atoms with E-state index in [1.165, 1.54) is 5.56 Å². The Kier molecular flexibility index (Phi) is 3.75. The molecule has 4 heteroatoms. The van der Waals surface area contributed by atoms with E-state index in [0.717, 1.165) is 12.1 Å². The molecule has 1 N–H and O–H groups in total. The van der Waals surface area contributed by atoms with Crippen LogP contribution >= 0.6 is 0 Å². The topological polar surface area (TPSA) is 53.6 Å². The minimum atomic E-state index is 0.346. The summed E-state index contributed by atoms with van der Waals surface area (Å²) >= 11 is 0. The summed E-state index contributed by atoms with van der Waals surface area (Å²) < 4.78 is 2.11. The molecule has 1 atom stereocenters. The fraction of sp³-hybridized carbons (Fsp3) is 0.286. The Bertz CT molecular complexity index is 565. The van der Waals surface area contributed by atoms with Gasteiger partial charge in [0.2, 0.25) is 0 Å². The van der Waals surface area contributed by atoms with Crippen molar-refractivity contribution in [2.45, 2.75) is 19.5 Å². The van der Waals surface area contributed by atoms with E-state index in [1.807, 2.05) is 19.2 Å². The Morgan fingerprint density at radius 2 is 2.33 bits per heavy atom. The Morgan fingerprint density at radius 1 is 1.50 bits per heavy atom. The van der Waals surface area contributed by atoms with E-state index in [-0.39, 0.29) is 0 Å². The zero-order chi connectivity index (χ0) is 13.0. The second-order valence-corrected chi connectivity index (χ2v) is 4.29. The standard InChI is InChI=1S/C14H16N4/c1-11(16-2)13-4-6-18(10-13)9-12-3-5-17-14(7-12)8-15/h3-7,10-11,16H,9H2,1-2H3. The van der Waals surface area contributed by atoms with Crippen LogP contribution in [0.3, 0.4) is 0 Å². The lowest BCUT2D eigenvalue weighted by molar-refractivity contribution is 0.649. The molecule has 18 heavy (non-hydrogen) atoms. The van der Waals surface area contributed by atoms with Crippen LogP contribution < -0.4 is 5.32 Å². The van der Waals surface area contributed by atoms with Crippen LogP contribution in [0, 0.1) is 11.3 Å².